The van der Waals surface area contributed by atoms with Crippen LogP contribution in [0.2, 0.25) is 0 Å². The number of hydrogen-bond acceptors (Lipinski definition) is 8. The zero-order valence-corrected chi connectivity index (χ0v) is 46.8. The Morgan fingerprint density at radius 1 is 0.412 bits per heavy atom. The minimum absolute atomic E-state index is 0.0213. The molecular formula is C59H117N3O6. The van der Waals surface area contributed by atoms with Gasteiger partial charge in [0.15, 0.2) is 0 Å². The van der Waals surface area contributed by atoms with Crippen molar-refractivity contribution in [3.8, 4) is 0 Å². The van der Waals surface area contributed by atoms with Crippen molar-refractivity contribution in [2.24, 2.45) is 11.8 Å². The number of unbranched alkanes of at least 4 members (excludes halogenated alkanes) is 24. The summed E-state index contributed by atoms with van der Waals surface area (Å²) in [6, 6.07) is 0. The highest BCUT2D eigenvalue weighted by molar-refractivity contribution is 5.69. The van der Waals surface area contributed by atoms with Crippen LogP contribution in [-0.4, -0.2) is 92.5 Å². The third-order valence-electron chi connectivity index (χ3n) is 13.8. The molecule has 0 fully saturated rings. The molecule has 0 heterocycles. The number of alkyl carbamates (subject to hydrolysis) is 1. The second-order valence-electron chi connectivity index (χ2n) is 21.6. The largest absolute Gasteiger partial charge is 0.465 e. The zero-order valence-electron chi connectivity index (χ0n) is 46.8. The van der Waals surface area contributed by atoms with E-state index in [4.69, 9.17) is 14.2 Å². The van der Waals surface area contributed by atoms with Gasteiger partial charge in [-0.1, -0.05) is 202 Å². The summed E-state index contributed by atoms with van der Waals surface area (Å²) in [6.45, 7) is 24.2. The Morgan fingerprint density at radius 3 is 1.12 bits per heavy atom. The standard InChI is InChI=1S/C59H117N3O6/c1-9-14-18-22-26-32-40-54(41-33-27-23-19-15-10-2)52-66-56(63)44-36-30-38-47-61(13-5)50-51-62(49-46-60-58(65)68-59(6,7)8)48-39-31-37-45-57(64)67-53-55(42-34-28-24-20-16-11-3)43-35-29-25-21-17-12-4/h54-55H,9-53H2,1-8H3,(H,60,65). The van der Waals surface area contributed by atoms with Crippen LogP contribution in [0.3, 0.4) is 0 Å². The Labute approximate surface area is 423 Å². The molecule has 0 saturated heterocycles. The van der Waals surface area contributed by atoms with Gasteiger partial charge in [0.2, 0.25) is 0 Å². The summed E-state index contributed by atoms with van der Waals surface area (Å²) in [6.07, 6.45) is 42.5. The molecule has 9 nitrogen and oxygen atoms in total. The number of rotatable bonds is 51. The first-order chi connectivity index (χ1) is 33.0. The molecule has 68 heavy (non-hydrogen) atoms. The molecule has 0 unspecified atom stereocenters. The number of nitrogens with one attached hydrogen (secondary N) is 1. The lowest BCUT2D eigenvalue weighted by Crippen LogP contribution is -2.41. The van der Waals surface area contributed by atoms with E-state index in [0.717, 1.165) is 77.8 Å². The first kappa shape index (κ1) is 66.1. The Hall–Kier alpha value is -1.87. The molecule has 404 valence electrons. The number of ether oxygens (including phenoxy) is 3. The van der Waals surface area contributed by atoms with Crippen molar-refractivity contribution in [2.45, 2.75) is 292 Å². The van der Waals surface area contributed by atoms with E-state index >= 15 is 0 Å². The van der Waals surface area contributed by atoms with Crippen molar-refractivity contribution in [1.82, 2.24) is 15.1 Å². The van der Waals surface area contributed by atoms with Crippen LogP contribution >= 0.6 is 0 Å². The smallest absolute Gasteiger partial charge is 0.407 e. The maximum absolute atomic E-state index is 12.9. The molecule has 9 heteroatoms. The van der Waals surface area contributed by atoms with Crippen molar-refractivity contribution >= 4 is 18.0 Å². The number of nitrogens with zero attached hydrogens (tertiary/aromatic N) is 2. The lowest BCUT2D eigenvalue weighted by Gasteiger charge is -2.27. The number of likely N-dealkylation sites (N-methyl/N-ethyl adjacent to an activating group) is 1. The molecule has 0 aromatic rings. The molecule has 0 bridgehead atoms. The first-order valence-electron chi connectivity index (χ1n) is 29.7. The fourth-order valence-corrected chi connectivity index (χ4v) is 9.28. The Balaban J connectivity index is 4.86. The minimum atomic E-state index is -0.529. The Kier molecular flexibility index (Phi) is 47.4. The van der Waals surface area contributed by atoms with Gasteiger partial charge in [0.1, 0.15) is 5.60 Å². The number of carbonyl (C=O) groups is 3. The third-order valence-corrected chi connectivity index (χ3v) is 13.8. The van der Waals surface area contributed by atoms with Crippen LogP contribution in [0.25, 0.3) is 0 Å². The van der Waals surface area contributed by atoms with E-state index in [-0.39, 0.29) is 18.0 Å². The number of carbonyl (C=O) groups excluding carboxylic acids is 3. The van der Waals surface area contributed by atoms with Crippen LogP contribution < -0.4 is 5.32 Å². The molecule has 0 rings (SSSR count). The van der Waals surface area contributed by atoms with E-state index in [1.54, 1.807) is 0 Å². The molecule has 0 aromatic carbocycles. The number of amides is 1. The zero-order chi connectivity index (χ0) is 50.2. The predicted molar refractivity (Wildman–Crippen MR) is 291 cm³/mol. The topological polar surface area (TPSA) is 97.4 Å². The summed E-state index contributed by atoms with van der Waals surface area (Å²) in [4.78, 5) is 43.1. The van der Waals surface area contributed by atoms with Gasteiger partial charge in [-0.15, -0.1) is 0 Å². The Morgan fingerprint density at radius 2 is 0.750 bits per heavy atom. The van der Waals surface area contributed by atoms with E-state index in [1.165, 1.54) is 180 Å². The van der Waals surface area contributed by atoms with Crippen molar-refractivity contribution in [3.05, 3.63) is 0 Å². The second-order valence-corrected chi connectivity index (χ2v) is 21.6. The lowest BCUT2D eigenvalue weighted by molar-refractivity contribution is -0.146. The number of hydrogen-bond donors (Lipinski definition) is 1. The van der Waals surface area contributed by atoms with Crippen LogP contribution in [-0.2, 0) is 23.8 Å². The van der Waals surface area contributed by atoms with Crippen LogP contribution in [0.5, 0.6) is 0 Å². The molecular weight excluding hydrogens is 847 g/mol. The SMILES string of the molecule is CCCCCCCCC(CCCCCCCC)COC(=O)CCCCCN(CC)CCN(CCCCCC(=O)OCC(CCCCCCCC)CCCCCCCC)CCNC(=O)OC(C)(C)C. The fraction of sp³-hybridized carbons (Fsp3) is 0.949. The van der Waals surface area contributed by atoms with Gasteiger partial charge in [0.25, 0.3) is 0 Å². The quantitative estimate of drug-likeness (QED) is 0.0366. The van der Waals surface area contributed by atoms with Crippen molar-refractivity contribution in [1.29, 1.82) is 0 Å². The molecule has 0 aromatic heterocycles. The van der Waals surface area contributed by atoms with Gasteiger partial charge >= 0.3 is 18.0 Å². The van der Waals surface area contributed by atoms with Gasteiger partial charge in [-0.2, -0.15) is 0 Å². The van der Waals surface area contributed by atoms with Gasteiger partial charge in [-0.3, -0.25) is 9.59 Å². The van der Waals surface area contributed by atoms with E-state index in [1.807, 2.05) is 20.8 Å². The highest BCUT2D eigenvalue weighted by Gasteiger charge is 2.18. The summed E-state index contributed by atoms with van der Waals surface area (Å²) in [5, 5.41) is 2.95. The highest BCUT2D eigenvalue weighted by Crippen LogP contribution is 2.22. The molecule has 0 atom stereocenters. The first-order valence-corrected chi connectivity index (χ1v) is 29.7. The molecule has 0 saturated carbocycles. The summed E-state index contributed by atoms with van der Waals surface area (Å²) < 4.78 is 17.3. The van der Waals surface area contributed by atoms with Gasteiger partial charge in [0.05, 0.1) is 13.2 Å². The van der Waals surface area contributed by atoms with Crippen molar-refractivity contribution < 1.29 is 28.6 Å². The summed E-state index contributed by atoms with van der Waals surface area (Å²) >= 11 is 0. The maximum Gasteiger partial charge on any atom is 0.407 e. The minimum Gasteiger partial charge on any atom is -0.465 e. The highest BCUT2D eigenvalue weighted by atomic mass is 16.6. The van der Waals surface area contributed by atoms with E-state index in [0.29, 0.717) is 44.4 Å². The average molecular weight is 965 g/mol. The maximum atomic E-state index is 12.9. The van der Waals surface area contributed by atoms with Gasteiger partial charge in [-0.05, 0) is 104 Å². The third kappa shape index (κ3) is 46.5. The fourth-order valence-electron chi connectivity index (χ4n) is 9.28. The second kappa shape index (κ2) is 48.7. The van der Waals surface area contributed by atoms with Crippen LogP contribution in [0, 0.1) is 11.8 Å². The van der Waals surface area contributed by atoms with Crippen molar-refractivity contribution in [3.63, 3.8) is 0 Å². The van der Waals surface area contributed by atoms with Crippen LogP contribution in [0.1, 0.15) is 287 Å². The summed E-state index contributed by atoms with van der Waals surface area (Å²) in [7, 11) is 0. The molecule has 0 spiro atoms. The predicted octanol–water partition coefficient (Wildman–Crippen LogP) is 16.6. The van der Waals surface area contributed by atoms with Gasteiger partial charge in [0, 0.05) is 39.0 Å². The van der Waals surface area contributed by atoms with E-state index in [9.17, 15) is 14.4 Å². The molecule has 0 radical (unpaired) electrons. The van der Waals surface area contributed by atoms with Crippen molar-refractivity contribution in [2.75, 3.05) is 59.0 Å². The van der Waals surface area contributed by atoms with Crippen LogP contribution in [0.4, 0.5) is 4.79 Å². The van der Waals surface area contributed by atoms with Crippen LogP contribution in [0.15, 0.2) is 0 Å². The molecule has 1 N–H and O–H groups in total. The Bertz CT molecular complexity index is 1080. The monoisotopic (exact) mass is 964 g/mol. The lowest BCUT2D eigenvalue weighted by atomic mass is 9.94. The molecule has 0 aliphatic heterocycles. The van der Waals surface area contributed by atoms with E-state index in [2.05, 4.69) is 49.7 Å². The van der Waals surface area contributed by atoms with E-state index < -0.39 is 5.60 Å². The van der Waals surface area contributed by atoms with Gasteiger partial charge < -0.3 is 29.3 Å². The molecule has 1 amide bonds. The molecule has 0 aliphatic carbocycles. The normalized spacial score (nSPS) is 11.9. The average Bonchev–Trinajstić information content (AvgIpc) is 3.30. The summed E-state index contributed by atoms with van der Waals surface area (Å²) in [5.41, 5.74) is -0.529. The van der Waals surface area contributed by atoms with Gasteiger partial charge in [-0.25, -0.2) is 4.79 Å². The molecule has 0 aliphatic rings. The summed E-state index contributed by atoms with van der Waals surface area (Å²) in [5.74, 6) is 0.938. The number of esters is 2.